The summed E-state index contributed by atoms with van der Waals surface area (Å²) >= 11 is 5.79. The van der Waals surface area contributed by atoms with Gasteiger partial charge >= 0.3 is 0 Å². The molecule has 0 aliphatic heterocycles. The number of anilines is 1. The maximum atomic E-state index is 10.6. The molecule has 0 amide bonds. The van der Waals surface area contributed by atoms with Gasteiger partial charge in [0.2, 0.25) is 0 Å². The molecule has 1 aromatic carbocycles. The van der Waals surface area contributed by atoms with Gasteiger partial charge < -0.3 is 10.4 Å². The van der Waals surface area contributed by atoms with E-state index >= 15 is 0 Å². The topological polar surface area (TPSA) is 88.3 Å². The summed E-state index contributed by atoms with van der Waals surface area (Å²) in [7, 11) is 0. The summed E-state index contributed by atoms with van der Waals surface area (Å²) in [5.74, 6) is 0.508. The number of pyridine rings is 1. The fraction of sp³-hybridized carbons (Fsp3) is 0.214. The number of nitrogens with one attached hydrogen (secondary N) is 1. The van der Waals surface area contributed by atoms with Gasteiger partial charge in [-0.3, -0.25) is 10.1 Å². The Morgan fingerprint density at radius 1 is 1.43 bits per heavy atom. The van der Waals surface area contributed by atoms with Crippen LogP contribution >= 0.6 is 11.6 Å². The second-order valence-electron chi connectivity index (χ2n) is 4.56. The van der Waals surface area contributed by atoms with Gasteiger partial charge in [-0.15, -0.1) is 0 Å². The van der Waals surface area contributed by atoms with Crippen LogP contribution in [-0.2, 0) is 0 Å². The molecule has 0 spiro atoms. The Morgan fingerprint density at radius 2 is 2.10 bits per heavy atom. The first-order chi connectivity index (χ1) is 9.97. The third kappa shape index (κ3) is 3.90. The van der Waals surface area contributed by atoms with Crippen LogP contribution < -0.4 is 5.32 Å². The van der Waals surface area contributed by atoms with Crippen LogP contribution in [0, 0.1) is 17.0 Å². The van der Waals surface area contributed by atoms with E-state index in [2.05, 4.69) is 10.3 Å². The van der Waals surface area contributed by atoms with Crippen LogP contribution in [0.1, 0.15) is 17.2 Å². The normalized spacial score (nSPS) is 12.0. The molecule has 2 N–H and O–H groups in total. The quantitative estimate of drug-likeness (QED) is 0.654. The molecule has 0 radical (unpaired) electrons. The van der Waals surface area contributed by atoms with Gasteiger partial charge in [0.25, 0.3) is 5.69 Å². The number of aliphatic hydroxyl groups excluding tert-OH is 1. The molecule has 2 rings (SSSR count). The molecular formula is C14H14ClN3O3. The van der Waals surface area contributed by atoms with E-state index in [1.165, 1.54) is 12.3 Å². The number of rotatable bonds is 5. The Hall–Kier alpha value is -2.18. The van der Waals surface area contributed by atoms with E-state index in [0.29, 0.717) is 16.4 Å². The average Bonchev–Trinajstić information content (AvgIpc) is 2.46. The zero-order chi connectivity index (χ0) is 15.4. The van der Waals surface area contributed by atoms with E-state index < -0.39 is 11.0 Å². The fourth-order valence-electron chi connectivity index (χ4n) is 1.84. The fourth-order valence-corrected chi connectivity index (χ4v) is 1.97. The van der Waals surface area contributed by atoms with E-state index in [-0.39, 0.29) is 12.2 Å². The number of aromatic nitrogens is 1. The van der Waals surface area contributed by atoms with Crippen molar-refractivity contribution in [1.82, 2.24) is 4.98 Å². The summed E-state index contributed by atoms with van der Waals surface area (Å²) in [6, 6.07) is 8.32. The first-order valence-electron chi connectivity index (χ1n) is 6.26. The minimum atomic E-state index is -0.723. The molecule has 7 heteroatoms. The van der Waals surface area contributed by atoms with Crippen molar-refractivity contribution < 1.29 is 10.0 Å². The van der Waals surface area contributed by atoms with Gasteiger partial charge in [-0.25, -0.2) is 4.98 Å². The van der Waals surface area contributed by atoms with Crippen LogP contribution in [0.4, 0.5) is 11.5 Å². The lowest BCUT2D eigenvalue weighted by Gasteiger charge is -2.14. The van der Waals surface area contributed by atoms with E-state index in [4.69, 9.17) is 11.6 Å². The van der Waals surface area contributed by atoms with Crippen molar-refractivity contribution in [2.24, 2.45) is 0 Å². The Balaban J connectivity index is 2.02. The summed E-state index contributed by atoms with van der Waals surface area (Å²) in [6.07, 6.45) is 0.461. The van der Waals surface area contributed by atoms with Crippen molar-refractivity contribution >= 4 is 23.1 Å². The minimum absolute atomic E-state index is 0.0590. The first kappa shape index (κ1) is 15.2. The molecule has 0 fully saturated rings. The number of aliphatic hydroxyl groups is 1. The van der Waals surface area contributed by atoms with E-state index in [1.54, 1.807) is 31.2 Å². The highest BCUT2D eigenvalue weighted by atomic mass is 35.5. The smallest absolute Gasteiger partial charge is 0.287 e. The lowest BCUT2D eigenvalue weighted by atomic mass is 10.1. The number of nitro groups is 1. The van der Waals surface area contributed by atoms with Gasteiger partial charge in [0, 0.05) is 17.6 Å². The Labute approximate surface area is 126 Å². The second-order valence-corrected chi connectivity index (χ2v) is 5.00. The maximum Gasteiger partial charge on any atom is 0.287 e. The lowest BCUT2D eigenvalue weighted by molar-refractivity contribution is -0.385. The molecule has 1 aromatic heterocycles. The monoisotopic (exact) mass is 307 g/mol. The van der Waals surface area contributed by atoms with Crippen molar-refractivity contribution in [2.45, 2.75) is 13.0 Å². The zero-order valence-electron chi connectivity index (χ0n) is 11.3. The largest absolute Gasteiger partial charge is 0.387 e. The molecule has 1 unspecified atom stereocenters. The number of hydrogen-bond donors (Lipinski definition) is 2. The predicted molar refractivity (Wildman–Crippen MR) is 80.5 cm³/mol. The van der Waals surface area contributed by atoms with Crippen molar-refractivity contribution in [3.63, 3.8) is 0 Å². The Kier molecular flexibility index (Phi) is 4.72. The highest BCUT2D eigenvalue weighted by Gasteiger charge is 2.11. The second kappa shape index (κ2) is 6.51. The number of halogens is 1. The minimum Gasteiger partial charge on any atom is -0.387 e. The molecule has 1 atom stereocenters. The van der Waals surface area contributed by atoms with Gasteiger partial charge in [0.15, 0.2) is 0 Å². The summed E-state index contributed by atoms with van der Waals surface area (Å²) in [4.78, 5) is 14.1. The summed E-state index contributed by atoms with van der Waals surface area (Å²) in [6.45, 7) is 1.96. The highest BCUT2D eigenvalue weighted by molar-refractivity contribution is 6.30. The SMILES string of the molecule is Cc1cc([N+](=O)[O-])cnc1NCC(O)c1ccc(Cl)cc1. The molecule has 110 valence electrons. The van der Waals surface area contributed by atoms with Crippen molar-refractivity contribution in [3.8, 4) is 0 Å². The molecule has 0 aliphatic rings. The third-order valence-electron chi connectivity index (χ3n) is 2.99. The third-order valence-corrected chi connectivity index (χ3v) is 3.24. The van der Waals surface area contributed by atoms with Crippen LogP contribution in [-0.4, -0.2) is 21.6 Å². The standard InChI is InChI=1S/C14H14ClN3O3/c1-9-6-12(18(20)21)7-16-14(9)17-8-13(19)10-2-4-11(15)5-3-10/h2-7,13,19H,8H2,1H3,(H,16,17). The number of benzene rings is 1. The van der Waals surface area contributed by atoms with Crippen molar-refractivity contribution in [2.75, 3.05) is 11.9 Å². The highest BCUT2D eigenvalue weighted by Crippen LogP contribution is 2.20. The number of aryl methyl sites for hydroxylation is 1. The van der Waals surface area contributed by atoms with E-state index in [0.717, 1.165) is 5.56 Å². The Bertz CT molecular complexity index is 646. The van der Waals surface area contributed by atoms with Crippen LogP contribution in [0.5, 0.6) is 0 Å². The molecule has 2 aromatic rings. The first-order valence-corrected chi connectivity index (χ1v) is 6.63. The molecule has 0 saturated heterocycles. The number of nitrogens with zero attached hydrogens (tertiary/aromatic N) is 2. The average molecular weight is 308 g/mol. The van der Waals surface area contributed by atoms with Gasteiger partial charge in [0.05, 0.1) is 11.0 Å². The predicted octanol–water partition coefficient (Wildman–Crippen LogP) is 3.10. The van der Waals surface area contributed by atoms with Crippen LogP contribution in [0.3, 0.4) is 0 Å². The van der Waals surface area contributed by atoms with Gasteiger partial charge in [-0.2, -0.15) is 0 Å². The van der Waals surface area contributed by atoms with Gasteiger partial charge in [0.1, 0.15) is 12.0 Å². The molecule has 1 heterocycles. The summed E-state index contributed by atoms with van der Waals surface area (Å²) in [5.41, 5.74) is 1.32. The van der Waals surface area contributed by atoms with E-state index in [9.17, 15) is 15.2 Å². The van der Waals surface area contributed by atoms with Crippen LogP contribution in [0.15, 0.2) is 36.5 Å². The van der Waals surface area contributed by atoms with Crippen molar-refractivity contribution in [1.29, 1.82) is 0 Å². The van der Waals surface area contributed by atoms with Crippen LogP contribution in [0.2, 0.25) is 5.02 Å². The lowest BCUT2D eigenvalue weighted by Crippen LogP contribution is -2.13. The number of hydrogen-bond acceptors (Lipinski definition) is 5. The molecule has 0 bridgehead atoms. The van der Waals surface area contributed by atoms with Gasteiger partial charge in [-0.05, 0) is 30.2 Å². The summed E-state index contributed by atoms with van der Waals surface area (Å²) in [5, 5.41) is 24.3. The Morgan fingerprint density at radius 3 is 2.67 bits per heavy atom. The summed E-state index contributed by atoms with van der Waals surface area (Å²) < 4.78 is 0. The molecular weight excluding hydrogens is 294 g/mol. The maximum absolute atomic E-state index is 10.6. The van der Waals surface area contributed by atoms with Crippen LogP contribution in [0.25, 0.3) is 0 Å². The molecule has 6 nitrogen and oxygen atoms in total. The van der Waals surface area contributed by atoms with Crippen molar-refractivity contribution in [3.05, 3.63) is 62.8 Å². The zero-order valence-corrected chi connectivity index (χ0v) is 12.0. The van der Waals surface area contributed by atoms with E-state index in [1.807, 2.05) is 0 Å². The molecule has 0 saturated carbocycles. The molecule has 21 heavy (non-hydrogen) atoms. The molecule has 0 aliphatic carbocycles. The van der Waals surface area contributed by atoms with Gasteiger partial charge in [-0.1, -0.05) is 23.7 Å².